The minimum Gasteiger partial charge on any atom is -0.486 e. The van der Waals surface area contributed by atoms with Crippen LogP contribution in [0.1, 0.15) is 5.56 Å². The summed E-state index contributed by atoms with van der Waals surface area (Å²) in [5, 5.41) is 0.785. The average molecular weight is 304 g/mol. The lowest BCUT2D eigenvalue weighted by Gasteiger charge is -2.10. The van der Waals surface area contributed by atoms with Crippen LogP contribution in [0, 0.1) is 11.6 Å². The standard InChI is InChI=1S/C13H9Cl2F2NO/c14-8-2-1-3-9(15)7(8)6-19-13-5-10(16)12(18)4-11(13)17/h1-5H,6,18H2. The molecule has 2 aromatic carbocycles. The van der Waals surface area contributed by atoms with Crippen LogP contribution in [0.5, 0.6) is 5.75 Å². The normalized spacial score (nSPS) is 10.5. The fourth-order valence-electron chi connectivity index (χ4n) is 1.47. The van der Waals surface area contributed by atoms with Crippen molar-refractivity contribution >= 4 is 28.9 Å². The van der Waals surface area contributed by atoms with Gasteiger partial charge in [0, 0.05) is 27.7 Å². The van der Waals surface area contributed by atoms with Gasteiger partial charge in [-0.3, -0.25) is 0 Å². The SMILES string of the molecule is Nc1cc(F)c(OCc2c(Cl)cccc2Cl)cc1F. The molecule has 0 atom stereocenters. The van der Waals surface area contributed by atoms with Gasteiger partial charge >= 0.3 is 0 Å². The summed E-state index contributed by atoms with van der Waals surface area (Å²) < 4.78 is 31.9. The van der Waals surface area contributed by atoms with Gasteiger partial charge in [-0.1, -0.05) is 29.3 Å². The quantitative estimate of drug-likeness (QED) is 0.851. The number of rotatable bonds is 3. The fourth-order valence-corrected chi connectivity index (χ4v) is 1.98. The van der Waals surface area contributed by atoms with Gasteiger partial charge in [0.2, 0.25) is 0 Å². The van der Waals surface area contributed by atoms with E-state index in [1.54, 1.807) is 18.2 Å². The van der Waals surface area contributed by atoms with Crippen molar-refractivity contribution in [3.05, 3.63) is 57.6 Å². The first-order valence-electron chi connectivity index (χ1n) is 5.29. The highest BCUT2D eigenvalue weighted by atomic mass is 35.5. The molecule has 19 heavy (non-hydrogen) atoms. The molecule has 0 bridgehead atoms. The summed E-state index contributed by atoms with van der Waals surface area (Å²) in [6.45, 7) is -0.0707. The Morgan fingerprint density at radius 1 is 1.05 bits per heavy atom. The maximum absolute atomic E-state index is 13.5. The summed E-state index contributed by atoms with van der Waals surface area (Å²) >= 11 is 11.9. The van der Waals surface area contributed by atoms with Gasteiger partial charge in [-0.15, -0.1) is 0 Å². The highest BCUT2D eigenvalue weighted by Gasteiger charge is 2.11. The monoisotopic (exact) mass is 303 g/mol. The zero-order valence-corrected chi connectivity index (χ0v) is 11.1. The Labute approximate surface area is 118 Å². The lowest BCUT2D eigenvalue weighted by Crippen LogP contribution is -2.01. The predicted molar refractivity (Wildman–Crippen MR) is 71.6 cm³/mol. The van der Waals surface area contributed by atoms with Gasteiger partial charge in [-0.25, -0.2) is 8.78 Å². The minimum absolute atomic E-state index is 0.0707. The van der Waals surface area contributed by atoms with Crippen LogP contribution in [-0.2, 0) is 6.61 Å². The van der Waals surface area contributed by atoms with Crippen molar-refractivity contribution in [2.75, 3.05) is 5.73 Å². The van der Waals surface area contributed by atoms with Crippen molar-refractivity contribution < 1.29 is 13.5 Å². The molecule has 6 heteroatoms. The van der Waals surface area contributed by atoms with Crippen LogP contribution >= 0.6 is 23.2 Å². The van der Waals surface area contributed by atoms with Crippen LogP contribution in [0.4, 0.5) is 14.5 Å². The van der Waals surface area contributed by atoms with E-state index in [2.05, 4.69) is 0 Å². The third-order valence-corrected chi connectivity index (χ3v) is 3.19. The number of halogens is 4. The predicted octanol–water partition coefficient (Wildman–Crippen LogP) is 4.43. The van der Waals surface area contributed by atoms with Gasteiger partial charge in [0.1, 0.15) is 12.4 Å². The maximum atomic E-state index is 13.5. The molecule has 0 aromatic heterocycles. The van der Waals surface area contributed by atoms with Crippen molar-refractivity contribution in [3.63, 3.8) is 0 Å². The Kier molecular flexibility index (Phi) is 4.12. The van der Waals surface area contributed by atoms with E-state index >= 15 is 0 Å². The molecule has 2 N–H and O–H groups in total. The number of nitrogen functional groups attached to an aromatic ring is 1. The summed E-state index contributed by atoms with van der Waals surface area (Å²) in [5.41, 5.74) is 5.46. The Bertz CT molecular complexity index is 600. The molecule has 0 saturated carbocycles. The first kappa shape index (κ1) is 13.9. The van der Waals surface area contributed by atoms with Crippen molar-refractivity contribution in [3.8, 4) is 5.75 Å². The second kappa shape index (κ2) is 5.63. The highest BCUT2D eigenvalue weighted by molar-refractivity contribution is 6.35. The van der Waals surface area contributed by atoms with E-state index in [1.807, 2.05) is 0 Å². The first-order valence-corrected chi connectivity index (χ1v) is 6.05. The summed E-state index contributed by atoms with van der Waals surface area (Å²) in [5.74, 6) is -1.74. The van der Waals surface area contributed by atoms with Crippen molar-refractivity contribution in [2.24, 2.45) is 0 Å². The van der Waals surface area contributed by atoms with E-state index in [4.69, 9.17) is 33.7 Å². The summed E-state index contributed by atoms with van der Waals surface area (Å²) in [7, 11) is 0. The van der Waals surface area contributed by atoms with Crippen molar-refractivity contribution in [2.45, 2.75) is 6.61 Å². The molecule has 0 radical (unpaired) electrons. The topological polar surface area (TPSA) is 35.2 Å². The third-order valence-electron chi connectivity index (χ3n) is 2.48. The van der Waals surface area contributed by atoms with Gasteiger partial charge in [0.25, 0.3) is 0 Å². The van der Waals surface area contributed by atoms with Crippen LogP contribution in [-0.4, -0.2) is 0 Å². The summed E-state index contributed by atoms with van der Waals surface area (Å²) in [4.78, 5) is 0. The van der Waals surface area contributed by atoms with Gasteiger partial charge in [0.15, 0.2) is 11.6 Å². The zero-order chi connectivity index (χ0) is 14.0. The Balaban J connectivity index is 2.22. The van der Waals surface area contributed by atoms with Gasteiger partial charge in [-0.05, 0) is 12.1 Å². The van der Waals surface area contributed by atoms with Gasteiger partial charge < -0.3 is 10.5 Å². The molecule has 0 aliphatic rings. The molecule has 100 valence electrons. The average Bonchev–Trinajstić information content (AvgIpc) is 2.34. The lowest BCUT2D eigenvalue weighted by molar-refractivity contribution is 0.289. The largest absolute Gasteiger partial charge is 0.486 e. The van der Waals surface area contributed by atoms with E-state index in [9.17, 15) is 8.78 Å². The first-order chi connectivity index (χ1) is 8.99. The van der Waals surface area contributed by atoms with E-state index in [1.165, 1.54) is 0 Å². The molecule has 0 saturated heterocycles. The molecule has 0 spiro atoms. The van der Waals surface area contributed by atoms with Gasteiger partial charge in [-0.2, -0.15) is 0 Å². The molecular formula is C13H9Cl2F2NO. The maximum Gasteiger partial charge on any atom is 0.167 e. The van der Waals surface area contributed by atoms with Crippen LogP contribution in [0.3, 0.4) is 0 Å². The minimum atomic E-state index is -0.748. The van der Waals surface area contributed by atoms with Crippen LogP contribution in [0.2, 0.25) is 10.0 Å². The molecule has 0 heterocycles. The van der Waals surface area contributed by atoms with Crippen LogP contribution in [0.25, 0.3) is 0 Å². The molecule has 2 rings (SSSR count). The molecular weight excluding hydrogens is 295 g/mol. The molecule has 2 aromatic rings. The van der Waals surface area contributed by atoms with Crippen molar-refractivity contribution in [1.29, 1.82) is 0 Å². The lowest BCUT2D eigenvalue weighted by atomic mass is 10.2. The molecule has 0 aliphatic carbocycles. The number of nitrogens with two attached hydrogens (primary N) is 1. The molecule has 0 unspecified atom stereocenters. The Hall–Kier alpha value is -1.52. The number of anilines is 1. The van der Waals surface area contributed by atoms with E-state index in [0.29, 0.717) is 15.6 Å². The second-order valence-electron chi connectivity index (χ2n) is 3.79. The Morgan fingerprint density at radius 2 is 1.68 bits per heavy atom. The zero-order valence-electron chi connectivity index (χ0n) is 9.59. The third kappa shape index (κ3) is 3.08. The highest BCUT2D eigenvalue weighted by Crippen LogP contribution is 2.28. The van der Waals surface area contributed by atoms with Gasteiger partial charge in [0.05, 0.1) is 5.69 Å². The van der Waals surface area contributed by atoms with Crippen LogP contribution < -0.4 is 10.5 Å². The van der Waals surface area contributed by atoms with Crippen LogP contribution in [0.15, 0.2) is 30.3 Å². The van der Waals surface area contributed by atoms with Crippen molar-refractivity contribution in [1.82, 2.24) is 0 Å². The number of hydrogen-bond donors (Lipinski definition) is 1. The number of ether oxygens (including phenoxy) is 1. The number of benzene rings is 2. The smallest absolute Gasteiger partial charge is 0.167 e. The number of hydrogen-bond acceptors (Lipinski definition) is 2. The molecule has 0 fully saturated rings. The second-order valence-corrected chi connectivity index (χ2v) is 4.61. The molecule has 0 amide bonds. The fraction of sp³-hybridized carbons (Fsp3) is 0.0769. The molecule has 2 nitrogen and oxygen atoms in total. The van der Waals surface area contributed by atoms with E-state index < -0.39 is 11.6 Å². The summed E-state index contributed by atoms with van der Waals surface area (Å²) in [6.07, 6.45) is 0. The Morgan fingerprint density at radius 3 is 2.32 bits per heavy atom. The van der Waals surface area contributed by atoms with E-state index in [-0.39, 0.29) is 18.0 Å². The van der Waals surface area contributed by atoms with E-state index in [0.717, 1.165) is 12.1 Å². The summed E-state index contributed by atoms with van der Waals surface area (Å²) in [6, 6.07) is 6.68. The molecule has 0 aliphatic heterocycles.